The predicted octanol–water partition coefficient (Wildman–Crippen LogP) is 24.5. The van der Waals surface area contributed by atoms with Crippen LogP contribution in [0.4, 0.5) is 0 Å². The van der Waals surface area contributed by atoms with Gasteiger partial charge in [-0.25, -0.2) is 0 Å². The highest BCUT2D eigenvalue weighted by Crippen LogP contribution is 2.20. The van der Waals surface area contributed by atoms with Crippen molar-refractivity contribution in [3.8, 4) is 0 Å². The summed E-state index contributed by atoms with van der Waals surface area (Å²) in [5, 5.41) is 11.9. The van der Waals surface area contributed by atoms with E-state index in [9.17, 15) is 19.5 Å². The normalized spacial score (nSPS) is 12.9. The Morgan fingerprint density at radius 2 is 0.613 bits per heavy atom. The molecule has 0 aromatic rings. The Labute approximate surface area is 577 Å². The van der Waals surface area contributed by atoms with Gasteiger partial charge >= 0.3 is 11.9 Å². The van der Waals surface area contributed by atoms with Gasteiger partial charge in [-0.1, -0.05) is 370 Å². The van der Waals surface area contributed by atoms with E-state index in [0.29, 0.717) is 17.4 Å². The fourth-order valence-corrected chi connectivity index (χ4v) is 12.1. The monoisotopic (exact) mass is 1310 g/mol. The molecule has 544 valence electrons. The Morgan fingerprint density at radius 1 is 0.333 bits per heavy atom. The summed E-state index contributed by atoms with van der Waals surface area (Å²) >= 11 is 0. The van der Waals surface area contributed by atoms with E-state index in [4.69, 9.17) is 18.9 Å². The van der Waals surface area contributed by atoms with Crippen molar-refractivity contribution < 1.29 is 42.9 Å². The molecule has 0 aliphatic carbocycles. The molecule has 2 atom stereocenters. The van der Waals surface area contributed by atoms with Gasteiger partial charge < -0.3 is 33.3 Å². The predicted molar refractivity (Wildman–Crippen MR) is 399 cm³/mol. The van der Waals surface area contributed by atoms with Gasteiger partial charge in [0.05, 0.1) is 40.3 Å². The first kappa shape index (κ1) is 90.0. The first-order chi connectivity index (χ1) is 45.6. The number of carboxylic acids is 1. The van der Waals surface area contributed by atoms with E-state index in [2.05, 4.69) is 74.6 Å². The molecule has 93 heavy (non-hydrogen) atoms. The van der Waals surface area contributed by atoms with Gasteiger partial charge in [0, 0.05) is 12.8 Å². The van der Waals surface area contributed by atoms with Crippen molar-refractivity contribution >= 4 is 17.9 Å². The number of esters is 2. The van der Waals surface area contributed by atoms with Crippen LogP contribution in [0.5, 0.6) is 0 Å². The van der Waals surface area contributed by atoms with Crippen LogP contribution in [-0.2, 0) is 33.3 Å². The van der Waals surface area contributed by atoms with E-state index in [0.717, 1.165) is 64.2 Å². The molecule has 0 N–H and O–H groups in total. The van der Waals surface area contributed by atoms with Crippen LogP contribution >= 0.6 is 0 Å². The lowest BCUT2D eigenvalue weighted by Crippen LogP contribution is -2.44. The molecule has 9 heteroatoms. The van der Waals surface area contributed by atoms with E-state index in [1.165, 1.54) is 308 Å². The zero-order valence-corrected chi connectivity index (χ0v) is 62.4. The van der Waals surface area contributed by atoms with Crippen molar-refractivity contribution in [2.75, 3.05) is 47.5 Å². The van der Waals surface area contributed by atoms with Gasteiger partial charge in [-0.2, -0.15) is 0 Å². The molecule has 0 aromatic carbocycles. The summed E-state index contributed by atoms with van der Waals surface area (Å²) in [6.07, 6.45) is 96.4. The minimum absolute atomic E-state index is 0.150. The molecule has 0 radical (unpaired) electrons. The molecule has 0 bridgehead atoms. The van der Waals surface area contributed by atoms with Gasteiger partial charge in [-0.3, -0.25) is 9.59 Å². The molecular weight excluding hydrogens is 1150 g/mol. The van der Waals surface area contributed by atoms with Crippen molar-refractivity contribution in [3.63, 3.8) is 0 Å². The second kappa shape index (κ2) is 74.8. The number of allylic oxidation sites excluding steroid dienone is 10. The summed E-state index contributed by atoms with van der Waals surface area (Å²) < 4.78 is 22.9. The number of nitrogens with zero attached hydrogens (tertiary/aromatic N) is 1. The number of hydrogen-bond donors (Lipinski definition) is 0. The van der Waals surface area contributed by atoms with E-state index in [1.54, 1.807) is 0 Å². The molecule has 0 fully saturated rings. The second-order valence-electron chi connectivity index (χ2n) is 28.7. The first-order valence-corrected chi connectivity index (χ1v) is 40.4. The van der Waals surface area contributed by atoms with Crippen LogP contribution in [-0.4, -0.2) is 82.3 Å². The van der Waals surface area contributed by atoms with Crippen LogP contribution < -0.4 is 5.11 Å². The third-order valence-corrected chi connectivity index (χ3v) is 18.2. The fourth-order valence-electron chi connectivity index (χ4n) is 12.1. The van der Waals surface area contributed by atoms with Crippen molar-refractivity contribution in [1.29, 1.82) is 0 Å². The molecule has 0 heterocycles. The Bertz CT molecular complexity index is 1710. The topological polar surface area (TPSA) is 111 Å². The maximum Gasteiger partial charge on any atom is 0.306 e. The molecule has 0 spiro atoms. The van der Waals surface area contributed by atoms with Gasteiger partial charge in [0.2, 0.25) is 0 Å². The highest BCUT2D eigenvalue weighted by atomic mass is 16.7. The van der Waals surface area contributed by atoms with Gasteiger partial charge in [0.15, 0.2) is 12.4 Å². The summed E-state index contributed by atoms with van der Waals surface area (Å²) in [5.74, 6) is -2.25. The molecule has 0 aromatic heterocycles. The van der Waals surface area contributed by atoms with Gasteiger partial charge in [0.25, 0.3) is 0 Å². The molecule has 2 unspecified atom stereocenters. The van der Waals surface area contributed by atoms with Gasteiger partial charge in [-0.05, 0) is 77.0 Å². The Kier molecular flexibility index (Phi) is 72.4. The number of quaternary nitrogens is 1. The molecule has 0 saturated carbocycles. The number of likely N-dealkylation sites (N-methyl/N-ethyl adjacent to an activating group) is 1. The minimum Gasteiger partial charge on any atom is -0.545 e. The number of ether oxygens (including phenoxy) is 4. The molecule has 0 rings (SSSR count). The quantitative estimate of drug-likeness (QED) is 0.0195. The molecule has 0 aliphatic rings. The molecule has 0 aliphatic heterocycles. The third kappa shape index (κ3) is 76.2. The minimum atomic E-state index is -1.62. The maximum atomic E-state index is 13.0. The lowest BCUT2D eigenvalue weighted by Gasteiger charge is -2.26. The van der Waals surface area contributed by atoms with Gasteiger partial charge in [-0.15, -0.1) is 0 Å². The highest BCUT2D eigenvalue weighted by Gasteiger charge is 2.22. The summed E-state index contributed by atoms with van der Waals surface area (Å²) in [5.41, 5.74) is 0. The summed E-state index contributed by atoms with van der Waals surface area (Å²) in [6.45, 7) is 4.71. The number of unbranched alkanes of at least 4 members (excludes halogenated alkanes) is 51. The van der Waals surface area contributed by atoms with E-state index >= 15 is 0 Å². The van der Waals surface area contributed by atoms with Gasteiger partial charge in [0.1, 0.15) is 13.2 Å². The SMILES string of the molecule is CC/C=C\C/C=C\C/C=C\C/C=C\CCCCCCCCCCCCCCCCCCCCCCCCCCC(=O)OC(COC(=O)CCCCCCCCCCCCCCCCCCCCC/C=C\CCCCCCCCCC)COC(OCC[N+](C)(C)C)C(=O)[O-]. The standard InChI is InChI=1S/C84H155NO8/c1-6-8-10-12-14-16-18-20-22-24-26-28-30-32-34-36-38-39-40-41-42-43-45-47-49-51-53-55-57-59-61-63-65-67-69-71-73-75-82(87)93-80(79-92-84(83(88)89)90-77-76-85(3,4)5)78-91-81(86)74-72-70-68-66-64-62-60-58-56-54-52-50-48-46-44-37-35-33-31-29-27-25-23-21-19-17-15-13-11-9-7-2/h8,10,14,16,20,22,25-28,80,84H,6-7,9,11-13,15,17-19,21,23-24,29-79H2,1-5H3/b10-8-,16-14-,22-20-,27-25-,28-26-. The zero-order chi connectivity index (χ0) is 67.5. The Morgan fingerprint density at radius 3 is 0.925 bits per heavy atom. The summed E-state index contributed by atoms with van der Waals surface area (Å²) in [4.78, 5) is 37.6. The molecule has 9 nitrogen and oxygen atoms in total. The Hall–Kier alpha value is -3.01. The lowest BCUT2D eigenvalue weighted by molar-refractivity contribution is -0.870. The fraction of sp³-hybridized carbons (Fsp3) is 0.845. The Balaban J connectivity index is 3.96. The van der Waals surface area contributed by atoms with Crippen molar-refractivity contribution in [1.82, 2.24) is 0 Å². The van der Waals surface area contributed by atoms with Crippen molar-refractivity contribution in [2.24, 2.45) is 0 Å². The third-order valence-electron chi connectivity index (χ3n) is 18.2. The van der Waals surface area contributed by atoms with Crippen molar-refractivity contribution in [3.05, 3.63) is 60.8 Å². The molecule has 0 amide bonds. The lowest BCUT2D eigenvalue weighted by atomic mass is 10.0. The van der Waals surface area contributed by atoms with E-state index in [-0.39, 0.29) is 32.2 Å². The smallest absolute Gasteiger partial charge is 0.306 e. The average molecular weight is 1310 g/mol. The summed E-state index contributed by atoms with van der Waals surface area (Å²) in [7, 11) is 5.95. The highest BCUT2D eigenvalue weighted by molar-refractivity contribution is 5.70. The molecule has 0 saturated heterocycles. The van der Waals surface area contributed by atoms with E-state index < -0.39 is 24.3 Å². The summed E-state index contributed by atoms with van der Waals surface area (Å²) in [6, 6.07) is 0. The zero-order valence-electron chi connectivity index (χ0n) is 62.4. The van der Waals surface area contributed by atoms with Crippen LogP contribution in [0, 0.1) is 0 Å². The van der Waals surface area contributed by atoms with Crippen LogP contribution in [0.3, 0.4) is 0 Å². The largest absolute Gasteiger partial charge is 0.545 e. The van der Waals surface area contributed by atoms with Crippen LogP contribution in [0.1, 0.15) is 399 Å². The van der Waals surface area contributed by atoms with Crippen molar-refractivity contribution in [2.45, 2.75) is 411 Å². The van der Waals surface area contributed by atoms with E-state index in [1.807, 2.05) is 21.1 Å². The number of carboxylic acid groups (broad SMARTS) is 1. The van der Waals surface area contributed by atoms with Crippen LogP contribution in [0.2, 0.25) is 0 Å². The molecular formula is C84H155NO8. The van der Waals surface area contributed by atoms with Crippen LogP contribution in [0.25, 0.3) is 0 Å². The second-order valence-corrected chi connectivity index (χ2v) is 28.7. The number of aliphatic carboxylic acids is 1. The number of carbonyl (C=O) groups is 3. The average Bonchev–Trinajstić information content (AvgIpc) is 3.73. The number of hydrogen-bond acceptors (Lipinski definition) is 8. The number of carbonyl (C=O) groups excluding carboxylic acids is 3. The van der Waals surface area contributed by atoms with Crippen LogP contribution in [0.15, 0.2) is 60.8 Å². The number of rotatable bonds is 76. The maximum absolute atomic E-state index is 13.0. The first-order valence-electron chi connectivity index (χ1n) is 40.4.